The van der Waals surface area contributed by atoms with Crippen LogP contribution in [0.2, 0.25) is 0 Å². The summed E-state index contributed by atoms with van der Waals surface area (Å²) in [5, 5.41) is 4.80. The van der Waals surface area contributed by atoms with Crippen LogP contribution >= 0.6 is 22.7 Å². The molecule has 1 unspecified atom stereocenters. The first-order valence-corrected chi connectivity index (χ1v) is 13.6. The highest BCUT2D eigenvalue weighted by Gasteiger charge is 2.59. The molecule has 6 rings (SSSR count). The van der Waals surface area contributed by atoms with Crippen LogP contribution in [0.25, 0.3) is 9.88 Å². The molecule has 2 amide bonds. The third-order valence-electron chi connectivity index (χ3n) is 7.55. The number of pyridine rings is 1. The molecule has 3 aromatic rings. The molecule has 34 heavy (non-hydrogen) atoms. The Balaban J connectivity index is 1.01. The fraction of sp³-hybridized carbons (Fsp3) is 0.440. The quantitative estimate of drug-likeness (QED) is 0.552. The highest BCUT2D eigenvalue weighted by molar-refractivity contribution is 7.20. The lowest BCUT2D eigenvalue weighted by atomic mass is 9.90. The van der Waals surface area contributed by atoms with Gasteiger partial charge in [0.15, 0.2) is 0 Å². The predicted molar refractivity (Wildman–Crippen MR) is 134 cm³/mol. The number of thiazole rings is 1. The van der Waals surface area contributed by atoms with Crippen molar-refractivity contribution in [3.05, 3.63) is 53.0 Å². The van der Waals surface area contributed by atoms with Crippen LogP contribution < -0.4 is 4.90 Å². The van der Waals surface area contributed by atoms with Gasteiger partial charge in [0, 0.05) is 56.8 Å². The van der Waals surface area contributed by atoms with E-state index in [1.54, 1.807) is 11.3 Å². The Morgan fingerprint density at radius 1 is 0.941 bits per heavy atom. The number of likely N-dealkylation sites (tertiary alicyclic amines) is 1. The fourth-order valence-electron chi connectivity index (χ4n) is 5.37. The molecule has 1 saturated carbocycles. The second-order valence-corrected chi connectivity index (χ2v) is 11.2. The van der Waals surface area contributed by atoms with E-state index >= 15 is 0 Å². The van der Waals surface area contributed by atoms with Gasteiger partial charge < -0.3 is 14.7 Å². The lowest BCUT2D eigenvalue weighted by Gasteiger charge is -2.37. The molecule has 1 aliphatic carbocycles. The van der Waals surface area contributed by atoms with Crippen LogP contribution in [0.1, 0.15) is 29.8 Å². The summed E-state index contributed by atoms with van der Waals surface area (Å²) in [7, 11) is 0. The first-order chi connectivity index (χ1) is 16.6. The molecule has 0 N–H and O–H groups in total. The highest BCUT2D eigenvalue weighted by Crippen LogP contribution is 2.60. The van der Waals surface area contributed by atoms with Crippen LogP contribution in [-0.4, -0.2) is 70.9 Å². The predicted octanol–water partition coefficient (Wildman–Crippen LogP) is 3.86. The number of rotatable bonds is 4. The van der Waals surface area contributed by atoms with Crippen LogP contribution in [0, 0.1) is 11.3 Å². The molecule has 1 atom stereocenters. The summed E-state index contributed by atoms with van der Waals surface area (Å²) in [5.41, 5.74) is 0.634. The minimum absolute atomic E-state index is 0.0167. The van der Waals surface area contributed by atoms with E-state index in [0.717, 1.165) is 61.1 Å². The molecule has 5 heterocycles. The van der Waals surface area contributed by atoms with Gasteiger partial charge in [0.2, 0.25) is 5.91 Å². The van der Waals surface area contributed by atoms with Crippen LogP contribution in [0.4, 0.5) is 5.82 Å². The Kier molecular flexibility index (Phi) is 5.61. The zero-order valence-electron chi connectivity index (χ0n) is 18.9. The normalized spacial score (nSPS) is 21.6. The van der Waals surface area contributed by atoms with Gasteiger partial charge in [-0.2, -0.15) is 0 Å². The van der Waals surface area contributed by atoms with Gasteiger partial charge in [0.25, 0.3) is 5.91 Å². The van der Waals surface area contributed by atoms with Crippen LogP contribution in [0.15, 0.2) is 47.3 Å². The minimum Gasteiger partial charge on any atom is -0.353 e. The number of anilines is 1. The van der Waals surface area contributed by atoms with Crippen LogP contribution in [0.5, 0.6) is 0 Å². The van der Waals surface area contributed by atoms with Gasteiger partial charge in [-0.15, -0.1) is 22.7 Å². The minimum atomic E-state index is 0.0167. The average molecular weight is 494 g/mol. The Bertz CT molecular complexity index is 1160. The van der Waals surface area contributed by atoms with Crippen molar-refractivity contribution >= 4 is 40.3 Å². The number of hydrogen-bond donors (Lipinski definition) is 0. The van der Waals surface area contributed by atoms with Crippen LogP contribution in [0.3, 0.4) is 0 Å². The maximum Gasteiger partial charge on any atom is 0.273 e. The molecule has 7 nitrogen and oxygen atoms in total. The number of piperidine rings is 1. The van der Waals surface area contributed by atoms with E-state index in [0.29, 0.717) is 24.7 Å². The maximum absolute atomic E-state index is 13.2. The number of carbonyl (C=O) groups is 2. The van der Waals surface area contributed by atoms with Crippen molar-refractivity contribution in [1.29, 1.82) is 0 Å². The van der Waals surface area contributed by atoms with E-state index in [2.05, 4.69) is 14.9 Å². The molecule has 3 fully saturated rings. The topological polar surface area (TPSA) is 69.6 Å². The number of hydrogen-bond acceptors (Lipinski definition) is 7. The number of amides is 2. The molecule has 3 aliphatic rings. The van der Waals surface area contributed by atoms with Crippen molar-refractivity contribution in [3.8, 4) is 9.88 Å². The van der Waals surface area contributed by atoms with E-state index in [9.17, 15) is 9.59 Å². The number of piperazine rings is 1. The highest BCUT2D eigenvalue weighted by atomic mass is 32.1. The molecule has 2 aliphatic heterocycles. The van der Waals surface area contributed by atoms with Gasteiger partial charge in [0.1, 0.15) is 16.5 Å². The summed E-state index contributed by atoms with van der Waals surface area (Å²) >= 11 is 3.16. The van der Waals surface area contributed by atoms with Crippen molar-refractivity contribution in [3.63, 3.8) is 0 Å². The van der Waals surface area contributed by atoms with Crippen molar-refractivity contribution in [1.82, 2.24) is 19.8 Å². The van der Waals surface area contributed by atoms with E-state index in [-0.39, 0.29) is 17.2 Å². The first kappa shape index (κ1) is 21.7. The molecular formula is C25H27N5O2S2. The maximum atomic E-state index is 13.2. The van der Waals surface area contributed by atoms with Crippen molar-refractivity contribution in [2.75, 3.05) is 44.2 Å². The fourth-order valence-corrected chi connectivity index (χ4v) is 6.98. The SMILES string of the molecule is O=C(c1csc(-c2cccs2)n1)N1CCC2(CC1)CC2C(=O)N1CCN(c2ccccn2)CC1. The summed E-state index contributed by atoms with van der Waals surface area (Å²) in [6.45, 7) is 4.58. The van der Waals surface area contributed by atoms with Gasteiger partial charge in [-0.1, -0.05) is 12.1 Å². The van der Waals surface area contributed by atoms with Gasteiger partial charge >= 0.3 is 0 Å². The number of thiophene rings is 1. The standard InChI is InChI=1S/C25H27N5O2S2/c31-23(30-13-11-28(12-14-30)21-5-1-2-8-26-21)18-16-25(18)6-9-29(10-7-25)24(32)19-17-34-22(27-19)20-4-3-15-33-20/h1-5,8,15,17-18H,6-7,9-14,16H2. The molecule has 0 bridgehead atoms. The first-order valence-electron chi connectivity index (χ1n) is 11.9. The summed E-state index contributed by atoms with van der Waals surface area (Å²) in [6, 6.07) is 9.98. The summed E-state index contributed by atoms with van der Waals surface area (Å²) in [6.07, 6.45) is 4.60. The second-order valence-electron chi connectivity index (χ2n) is 9.43. The van der Waals surface area contributed by atoms with E-state index in [1.807, 2.05) is 57.1 Å². The molecule has 1 spiro atoms. The Morgan fingerprint density at radius 3 is 2.47 bits per heavy atom. The zero-order valence-corrected chi connectivity index (χ0v) is 20.6. The van der Waals surface area contributed by atoms with Crippen molar-refractivity contribution in [2.45, 2.75) is 19.3 Å². The monoisotopic (exact) mass is 493 g/mol. The molecule has 0 aromatic carbocycles. The summed E-state index contributed by atoms with van der Waals surface area (Å²) in [5.74, 6) is 1.43. The molecule has 0 radical (unpaired) electrons. The zero-order chi connectivity index (χ0) is 23.1. The summed E-state index contributed by atoms with van der Waals surface area (Å²) in [4.78, 5) is 42.6. The third-order valence-corrected chi connectivity index (χ3v) is 9.44. The van der Waals surface area contributed by atoms with Crippen molar-refractivity contribution < 1.29 is 9.59 Å². The average Bonchev–Trinajstić information content (AvgIpc) is 3.28. The number of carbonyl (C=O) groups excluding carboxylic acids is 2. The molecular weight excluding hydrogens is 466 g/mol. The Morgan fingerprint density at radius 2 is 1.76 bits per heavy atom. The van der Waals surface area contributed by atoms with Gasteiger partial charge in [-0.25, -0.2) is 9.97 Å². The van der Waals surface area contributed by atoms with Crippen LogP contribution in [-0.2, 0) is 4.79 Å². The third kappa shape index (κ3) is 4.01. The van der Waals surface area contributed by atoms with Gasteiger partial charge in [0.05, 0.1) is 4.88 Å². The molecule has 2 saturated heterocycles. The summed E-state index contributed by atoms with van der Waals surface area (Å²) < 4.78 is 0. The second kappa shape index (κ2) is 8.78. The lowest BCUT2D eigenvalue weighted by molar-refractivity contribution is -0.134. The van der Waals surface area contributed by atoms with E-state index in [1.165, 1.54) is 11.3 Å². The molecule has 3 aromatic heterocycles. The van der Waals surface area contributed by atoms with Crippen molar-refractivity contribution in [2.24, 2.45) is 11.3 Å². The van der Waals surface area contributed by atoms with E-state index < -0.39 is 0 Å². The smallest absolute Gasteiger partial charge is 0.273 e. The molecule has 9 heteroatoms. The Labute approximate surface area is 207 Å². The molecule has 176 valence electrons. The van der Waals surface area contributed by atoms with Gasteiger partial charge in [-0.3, -0.25) is 9.59 Å². The lowest BCUT2D eigenvalue weighted by Crippen LogP contribution is -2.50. The number of nitrogens with zero attached hydrogens (tertiary/aromatic N) is 5. The number of aromatic nitrogens is 2. The van der Waals surface area contributed by atoms with E-state index in [4.69, 9.17) is 0 Å². The largest absolute Gasteiger partial charge is 0.353 e. The Hall–Kier alpha value is -2.78. The van der Waals surface area contributed by atoms with Gasteiger partial charge in [-0.05, 0) is 48.3 Å².